The maximum absolute atomic E-state index is 12.9. The minimum absolute atomic E-state index is 0.0518. The third-order valence-corrected chi connectivity index (χ3v) is 3.41. The van der Waals surface area contributed by atoms with Crippen LogP contribution in [0.25, 0.3) is 11.3 Å². The van der Waals surface area contributed by atoms with Crippen LogP contribution in [0, 0.1) is 11.3 Å². The van der Waals surface area contributed by atoms with E-state index in [0.29, 0.717) is 11.4 Å². The number of rotatable bonds is 1. The van der Waals surface area contributed by atoms with Gasteiger partial charge in [0.1, 0.15) is 17.5 Å². The summed E-state index contributed by atoms with van der Waals surface area (Å²) in [5.74, 6) is -0.858. The largest absolute Gasteiger partial charge is 0.507 e. The van der Waals surface area contributed by atoms with Crippen LogP contribution < -0.4 is 16.0 Å². The normalized spacial score (nSPS) is 13.4. The van der Waals surface area contributed by atoms with Crippen LogP contribution in [-0.4, -0.2) is 17.1 Å². The molecule has 0 spiro atoms. The summed E-state index contributed by atoms with van der Waals surface area (Å²) in [7, 11) is 1.68. The molecule has 6 nitrogen and oxygen atoms in total. The first-order chi connectivity index (χ1) is 10.8. The molecule has 23 heavy (non-hydrogen) atoms. The molecule has 2 heterocycles. The van der Waals surface area contributed by atoms with Gasteiger partial charge in [0, 0.05) is 12.6 Å². The van der Waals surface area contributed by atoms with E-state index in [1.807, 2.05) is 6.07 Å². The number of benzene rings is 1. The number of phenolic OH excluding ortho intramolecular Hbond substituents is 1. The lowest BCUT2D eigenvalue weighted by molar-refractivity contribution is -0.138. The summed E-state index contributed by atoms with van der Waals surface area (Å²) in [6, 6.07) is 6.53. The Bertz CT molecular complexity index is 828. The molecule has 0 saturated heterocycles. The minimum Gasteiger partial charge on any atom is -0.507 e. The number of anilines is 2. The van der Waals surface area contributed by atoms with Crippen molar-refractivity contribution >= 4 is 11.4 Å². The molecule has 2 aromatic rings. The van der Waals surface area contributed by atoms with Crippen molar-refractivity contribution in [3.63, 3.8) is 0 Å². The number of aromatic nitrogens is 1. The number of fused-ring (bicyclic) bond motifs is 1. The van der Waals surface area contributed by atoms with Gasteiger partial charge in [-0.3, -0.25) is 10.4 Å². The van der Waals surface area contributed by atoms with Crippen molar-refractivity contribution in [1.82, 2.24) is 10.5 Å². The van der Waals surface area contributed by atoms with Gasteiger partial charge in [-0.2, -0.15) is 18.4 Å². The van der Waals surface area contributed by atoms with E-state index in [-0.39, 0.29) is 17.0 Å². The van der Waals surface area contributed by atoms with Crippen molar-refractivity contribution in [3.8, 4) is 23.1 Å². The van der Waals surface area contributed by atoms with Crippen molar-refractivity contribution in [2.45, 2.75) is 6.18 Å². The van der Waals surface area contributed by atoms with E-state index in [2.05, 4.69) is 15.9 Å². The number of nitrogens with zero attached hydrogens (tertiary/aromatic N) is 3. The summed E-state index contributed by atoms with van der Waals surface area (Å²) in [4.78, 5) is 4.08. The lowest BCUT2D eigenvalue weighted by atomic mass is 10.0. The zero-order chi connectivity index (χ0) is 16.8. The summed E-state index contributed by atoms with van der Waals surface area (Å²) < 4.78 is 38.7. The number of hydrogen-bond acceptors (Lipinski definition) is 6. The lowest BCUT2D eigenvalue weighted by Crippen LogP contribution is -2.31. The van der Waals surface area contributed by atoms with Gasteiger partial charge in [0.05, 0.1) is 16.9 Å². The second-order valence-corrected chi connectivity index (χ2v) is 4.89. The van der Waals surface area contributed by atoms with Crippen molar-refractivity contribution in [2.75, 3.05) is 17.5 Å². The number of nitriles is 1. The second-order valence-electron chi connectivity index (χ2n) is 4.89. The van der Waals surface area contributed by atoms with E-state index in [1.165, 1.54) is 6.07 Å². The number of alkyl halides is 3. The Morgan fingerprint density at radius 2 is 2.04 bits per heavy atom. The molecule has 0 radical (unpaired) electrons. The van der Waals surface area contributed by atoms with E-state index < -0.39 is 17.5 Å². The van der Waals surface area contributed by atoms with Gasteiger partial charge in [-0.1, -0.05) is 0 Å². The van der Waals surface area contributed by atoms with E-state index in [0.717, 1.165) is 12.1 Å². The number of phenols is 1. The highest BCUT2D eigenvalue weighted by atomic mass is 19.4. The Labute approximate surface area is 128 Å². The first-order valence-corrected chi connectivity index (χ1v) is 6.42. The van der Waals surface area contributed by atoms with Crippen LogP contribution in [0.4, 0.5) is 24.5 Å². The van der Waals surface area contributed by atoms with E-state index >= 15 is 0 Å². The van der Waals surface area contributed by atoms with Gasteiger partial charge in [0.2, 0.25) is 0 Å². The molecule has 9 heteroatoms. The first-order valence-electron chi connectivity index (χ1n) is 6.42. The highest BCUT2D eigenvalue weighted by molar-refractivity contribution is 5.81. The molecule has 118 valence electrons. The predicted octanol–water partition coefficient (Wildman–Crippen LogP) is 2.63. The number of hydrazine groups is 2. The third kappa shape index (κ3) is 2.49. The van der Waals surface area contributed by atoms with Gasteiger partial charge in [0.25, 0.3) is 0 Å². The molecule has 0 bridgehead atoms. The molecule has 0 fully saturated rings. The summed E-state index contributed by atoms with van der Waals surface area (Å²) in [5.41, 5.74) is 5.79. The Morgan fingerprint density at radius 1 is 1.30 bits per heavy atom. The van der Waals surface area contributed by atoms with Crippen LogP contribution in [-0.2, 0) is 6.18 Å². The molecule has 3 N–H and O–H groups in total. The standard InChI is InChI=1S/C14H10F3N5O/c1-22-11-5-9(19-10(6-18)13(11)20-21-22)7-2-3-12(23)8(4-7)14(15,16)17/h2-5,20-21,23H,1H3. The Hall–Kier alpha value is -2.99. The Kier molecular flexibility index (Phi) is 3.26. The molecule has 0 saturated carbocycles. The van der Waals surface area contributed by atoms with Crippen LogP contribution in [0.3, 0.4) is 0 Å². The maximum Gasteiger partial charge on any atom is 0.419 e. The quantitative estimate of drug-likeness (QED) is 0.749. The minimum atomic E-state index is -4.69. The van der Waals surface area contributed by atoms with E-state index in [1.54, 1.807) is 18.1 Å². The van der Waals surface area contributed by atoms with Crippen molar-refractivity contribution in [2.24, 2.45) is 0 Å². The molecule has 0 aliphatic carbocycles. The molecule has 1 aliphatic rings. The summed E-state index contributed by atoms with van der Waals surface area (Å²) in [6.45, 7) is 0. The number of nitrogens with one attached hydrogen (secondary N) is 2. The zero-order valence-corrected chi connectivity index (χ0v) is 11.7. The summed E-state index contributed by atoms with van der Waals surface area (Å²) in [5, 5.41) is 20.1. The number of hydrogen-bond donors (Lipinski definition) is 3. The number of aromatic hydroxyl groups is 1. The van der Waals surface area contributed by atoms with Crippen molar-refractivity contribution in [1.29, 1.82) is 5.26 Å². The molecule has 0 amide bonds. The second kappa shape index (κ2) is 5.03. The fraction of sp³-hybridized carbons (Fsp3) is 0.143. The molecular formula is C14H10F3N5O. The highest BCUT2D eigenvalue weighted by Crippen LogP contribution is 2.39. The maximum atomic E-state index is 12.9. The smallest absolute Gasteiger partial charge is 0.419 e. The lowest BCUT2D eigenvalue weighted by Gasteiger charge is -2.13. The highest BCUT2D eigenvalue weighted by Gasteiger charge is 2.34. The SMILES string of the molecule is CN1NNc2c1cc(-c1ccc(O)c(C(F)(F)F)c1)nc2C#N. The summed E-state index contributed by atoms with van der Waals surface area (Å²) >= 11 is 0. The monoisotopic (exact) mass is 321 g/mol. The van der Waals surface area contributed by atoms with Gasteiger partial charge in [-0.25, -0.2) is 4.98 Å². The summed E-state index contributed by atoms with van der Waals surface area (Å²) in [6.07, 6.45) is -4.69. The third-order valence-electron chi connectivity index (χ3n) is 3.41. The number of pyridine rings is 1. The van der Waals surface area contributed by atoms with Crippen LogP contribution in [0.5, 0.6) is 5.75 Å². The van der Waals surface area contributed by atoms with Crippen molar-refractivity contribution < 1.29 is 18.3 Å². The van der Waals surface area contributed by atoms with Gasteiger partial charge in [0.15, 0.2) is 5.69 Å². The van der Waals surface area contributed by atoms with Gasteiger partial charge < -0.3 is 5.11 Å². The predicted molar refractivity (Wildman–Crippen MR) is 76.2 cm³/mol. The molecule has 1 aromatic heterocycles. The Balaban J connectivity index is 2.17. The van der Waals surface area contributed by atoms with Crippen LogP contribution in [0.2, 0.25) is 0 Å². The average Bonchev–Trinajstić information content (AvgIpc) is 2.87. The fourth-order valence-electron chi connectivity index (χ4n) is 2.27. The zero-order valence-electron chi connectivity index (χ0n) is 11.7. The topological polar surface area (TPSA) is 84.2 Å². The van der Waals surface area contributed by atoms with Gasteiger partial charge >= 0.3 is 6.18 Å². The van der Waals surface area contributed by atoms with Gasteiger partial charge in [-0.05, 0) is 24.3 Å². The molecular weight excluding hydrogens is 311 g/mol. The van der Waals surface area contributed by atoms with Crippen LogP contribution in [0.15, 0.2) is 24.3 Å². The van der Waals surface area contributed by atoms with Crippen LogP contribution >= 0.6 is 0 Å². The first kappa shape index (κ1) is 14.9. The van der Waals surface area contributed by atoms with E-state index in [4.69, 9.17) is 5.26 Å². The average molecular weight is 321 g/mol. The van der Waals surface area contributed by atoms with Crippen molar-refractivity contribution in [3.05, 3.63) is 35.5 Å². The Morgan fingerprint density at radius 3 is 2.70 bits per heavy atom. The van der Waals surface area contributed by atoms with E-state index in [9.17, 15) is 18.3 Å². The molecule has 3 rings (SSSR count). The molecule has 0 atom stereocenters. The fourth-order valence-corrected chi connectivity index (χ4v) is 2.27. The van der Waals surface area contributed by atoms with Crippen LogP contribution in [0.1, 0.15) is 11.3 Å². The molecule has 1 aromatic carbocycles. The molecule has 1 aliphatic heterocycles. The van der Waals surface area contributed by atoms with Gasteiger partial charge in [-0.15, -0.1) is 5.53 Å². The number of halogens is 3. The molecule has 0 unspecified atom stereocenters.